The first kappa shape index (κ1) is 24.6. The number of carbonyl (C=O) groups is 2. The predicted molar refractivity (Wildman–Crippen MR) is 130 cm³/mol. The molecule has 2 aromatic rings. The minimum absolute atomic E-state index is 0.00756. The third kappa shape index (κ3) is 7.22. The zero-order chi connectivity index (χ0) is 23.8. The summed E-state index contributed by atoms with van der Waals surface area (Å²) in [4.78, 5) is 24.6. The van der Waals surface area contributed by atoms with Crippen molar-refractivity contribution in [2.75, 3.05) is 18.5 Å². The van der Waals surface area contributed by atoms with Crippen molar-refractivity contribution >= 4 is 35.0 Å². The lowest BCUT2D eigenvalue weighted by molar-refractivity contribution is -0.143. The maximum Gasteiger partial charge on any atom is 0.342 e. The fourth-order valence-corrected chi connectivity index (χ4v) is 3.75. The lowest BCUT2D eigenvalue weighted by Gasteiger charge is -2.16. The van der Waals surface area contributed by atoms with Gasteiger partial charge in [0.05, 0.1) is 25.0 Å². The van der Waals surface area contributed by atoms with E-state index in [0.717, 1.165) is 17.0 Å². The summed E-state index contributed by atoms with van der Waals surface area (Å²) in [6, 6.07) is 14.3. The molecule has 1 unspecified atom stereocenters. The highest BCUT2D eigenvalue weighted by atomic mass is 35.5. The van der Waals surface area contributed by atoms with Crippen LogP contribution in [0, 0.1) is 5.92 Å². The van der Waals surface area contributed by atoms with E-state index < -0.39 is 0 Å². The lowest BCUT2D eigenvalue weighted by atomic mass is 9.92. The van der Waals surface area contributed by atoms with Gasteiger partial charge in [0.25, 0.3) is 0 Å². The standard InChI is InChI=1S/C25H30ClN3O4/c1-4-32-23(30)7-5-6-19-16-29(28-24(19)18-8-10-20(26)11-9-18)25(31)27-21-12-14-22(15-13-21)33-17(2)3/h8-15,17,19H,4-7,16H2,1-3H3,(H,27,31). The monoisotopic (exact) mass is 471 g/mol. The number of carbonyl (C=O) groups excluding carboxylic acids is 2. The summed E-state index contributed by atoms with van der Waals surface area (Å²) in [5.74, 6) is 0.544. The molecule has 3 rings (SSSR count). The highest BCUT2D eigenvalue weighted by molar-refractivity contribution is 6.30. The van der Waals surface area contributed by atoms with Crippen LogP contribution in [0.5, 0.6) is 5.75 Å². The maximum absolute atomic E-state index is 12.9. The van der Waals surface area contributed by atoms with Crippen LogP contribution in [0.2, 0.25) is 5.02 Å². The van der Waals surface area contributed by atoms with Crippen molar-refractivity contribution in [2.24, 2.45) is 11.0 Å². The molecule has 2 aromatic carbocycles. The van der Waals surface area contributed by atoms with Gasteiger partial charge in [-0.3, -0.25) is 4.79 Å². The van der Waals surface area contributed by atoms with Gasteiger partial charge in [0.15, 0.2) is 0 Å². The first-order chi connectivity index (χ1) is 15.9. The smallest absolute Gasteiger partial charge is 0.342 e. The number of ether oxygens (including phenoxy) is 2. The Hall–Kier alpha value is -3.06. The van der Waals surface area contributed by atoms with Gasteiger partial charge in [-0.15, -0.1) is 0 Å². The second kappa shape index (κ2) is 11.7. The highest BCUT2D eigenvalue weighted by Crippen LogP contribution is 2.26. The number of esters is 1. The number of benzene rings is 2. The van der Waals surface area contributed by atoms with Crippen molar-refractivity contribution in [2.45, 2.75) is 46.1 Å². The number of hydrazone groups is 1. The van der Waals surface area contributed by atoms with Crippen LogP contribution < -0.4 is 10.1 Å². The number of rotatable bonds is 9. The molecule has 1 heterocycles. The maximum atomic E-state index is 12.9. The summed E-state index contributed by atoms with van der Waals surface area (Å²) < 4.78 is 10.7. The molecule has 1 aliphatic rings. The number of urea groups is 1. The SMILES string of the molecule is CCOC(=O)CCCC1CN(C(=O)Nc2ccc(OC(C)C)cc2)N=C1c1ccc(Cl)cc1. The Morgan fingerprint density at radius 1 is 1.15 bits per heavy atom. The second-order valence-corrected chi connectivity index (χ2v) is 8.53. The molecule has 1 atom stereocenters. The van der Waals surface area contributed by atoms with Crippen molar-refractivity contribution in [3.8, 4) is 5.75 Å². The molecule has 0 saturated heterocycles. The first-order valence-electron chi connectivity index (χ1n) is 11.2. The fourth-order valence-electron chi connectivity index (χ4n) is 3.62. The summed E-state index contributed by atoms with van der Waals surface area (Å²) >= 11 is 6.04. The number of anilines is 1. The predicted octanol–water partition coefficient (Wildman–Crippen LogP) is 5.73. The molecular weight excluding hydrogens is 442 g/mol. The Bertz CT molecular complexity index is 974. The molecule has 176 valence electrons. The van der Waals surface area contributed by atoms with E-state index in [1.54, 1.807) is 31.2 Å². The molecule has 0 saturated carbocycles. The van der Waals surface area contributed by atoms with Crippen molar-refractivity contribution in [1.29, 1.82) is 0 Å². The van der Waals surface area contributed by atoms with E-state index in [-0.39, 0.29) is 24.0 Å². The van der Waals surface area contributed by atoms with Crippen LogP contribution >= 0.6 is 11.6 Å². The quantitative estimate of drug-likeness (QED) is 0.473. The minimum atomic E-state index is -0.313. The van der Waals surface area contributed by atoms with E-state index >= 15 is 0 Å². The number of hydrogen-bond donors (Lipinski definition) is 1. The van der Waals surface area contributed by atoms with Crippen LogP contribution in [-0.2, 0) is 9.53 Å². The van der Waals surface area contributed by atoms with Crippen LogP contribution in [-0.4, -0.2) is 42.0 Å². The van der Waals surface area contributed by atoms with Gasteiger partial charge in [0.1, 0.15) is 5.75 Å². The summed E-state index contributed by atoms with van der Waals surface area (Å²) in [5.41, 5.74) is 2.38. The largest absolute Gasteiger partial charge is 0.491 e. The molecule has 1 aliphatic heterocycles. The van der Waals surface area contributed by atoms with E-state index in [1.165, 1.54) is 5.01 Å². The van der Waals surface area contributed by atoms with Gasteiger partial charge in [-0.05, 0) is 75.6 Å². The molecule has 8 heteroatoms. The zero-order valence-electron chi connectivity index (χ0n) is 19.2. The third-order valence-electron chi connectivity index (χ3n) is 5.10. The molecule has 1 N–H and O–H groups in total. The third-order valence-corrected chi connectivity index (χ3v) is 5.35. The molecule has 2 amide bonds. The van der Waals surface area contributed by atoms with Gasteiger partial charge in [0.2, 0.25) is 0 Å². The van der Waals surface area contributed by atoms with E-state index in [9.17, 15) is 9.59 Å². The van der Waals surface area contributed by atoms with Gasteiger partial charge < -0.3 is 14.8 Å². The second-order valence-electron chi connectivity index (χ2n) is 8.09. The number of hydrogen-bond acceptors (Lipinski definition) is 5. The van der Waals surface area contributed by atoms with Crippen LogP contribution in [0.25, 0.3) is 0 Å². The Morgan fingerprint density at radius 2 is 1.85 bits per heavy atom. The van der Waals surface area contributed by atoms with Gasteiger partial charge in [-0.25, -0.2) is 9.80 Å². The Kier molecular flexibility index (Phi) is 8.72. The Labute approximate surface area is 199 Å². The molecule has 0 fully saturated rings. The Balaban J connectivity index is 1.68. The van der Waals surface area contributed by atoms with Crippen molar-refractivity contribution in [3.05, 3.63) is 59.1 Å². The highest BCUT2D eigenvalue weighted by Gasteiger charge is 2.31. The molecule has 0 radical (unpaired) electrons. The van der Waals surface area contributed by atoms with Crippen molar-refractivity contribution in [3.63, 3.8) is 0 Å². The molecule has 0 bridgehead atoms. The minimum Gasteiger partial charge on any atom is -0.491 e. The molecule has 33 heavy (non-hydrogen) atoms. The molecule has 0 aliphatic carbocycles. The van der Waals surface area contributed by atoms with Crippen LogP contribution in [0.3, 0.4) is 0 Å². The number of halogens is 1. The first-order valence-corrected chi connectivity index (χ1v) is 11.6. The number of nitrogens with zero attached hydrogens (tertiary/aromatic N) is 2. The van der Waals surface area contributed by atoms with Crippen molar-refractivity contribution < 1.29 is 19.1 Å². The van der Waals surface area contributed by atoms with Gasteiger partial charge >= 0.3 is 12.0 Å². The molecule has 0 aromatic heterocycles. The van der Waals surface area contributed by atoms with E-state index in [0.29, 0.717) is 43.1 Å². The molecular formula is C25H30ClN3O4. The van der Waals surface area contributed by atoms with Crippen molar-refractivity contribution in [1.82, 2.24) is 5.01 Å². The van der Waals surface area contributed by atoms with Crippen LogP contribution in [0.4, 0.5) is 10.5 Å². The lowest BCUT2D eigenvalue weighted by Crippen LogP contribution is -2.30. The van der Waals surface area contributed by atoms with E-state index in [1.807, 2.05) is 38.1 Å². The normalized spacial score (nSPS) is 15.4. The molecule has 0 spiro atoms. The number of nitrogens with one attached hydrogen (secondary N) is 1. The summed E-state index contributed by atoms with van der Waals surface area (Å²) in [7, 11) is 0. The van der Waals surface area contributed by atoms with Crippen LogP contribution in [0.15, 0.2) is 53.6 Å². The van der Waals surface area contributed by atoms with Crippen LogP contribution in [0.1, 0.15) is 45.6 Å². The molecule has 7 nitrogen and oxygen atoms in total. The number of amides is 2. The Morgan fingerprint density at radius 3 is 2.48 bits per heavy atom. The average Bonchev–Trinajstić information content (AvgIpc) is 3.20. The fraction of sp³-hybridized carbons (Fsp3) is 0.400. The topological polar surface area (TPSA) is 80.2 Å². The van der Waals surface area contributed by atoms with Gasteiger partial charge in [0, 0.05) is 23.0 Å². The van der Waals surface area contributed by atoms with E-state index in [4.69, 9.17) is 21.1 Å². The van der Waals surface area contributed by atoms with Gasteiger partial charge in [-0.2, -0.15) is 5.10 Å². The summed E-state index contributed by atoms with van der Waals surface area (Å²) in [5, 5.41) is 9.57. The zero-order valence-corrected chi connectivity index (χ0v) is 20.0. The summed E-state index contributed by atoms with van der Waals surface area (Å²) in [6.07, 6.45) is 1.79. The van der Waals surface area contributed by atoms with Gasteiger partial charge in [-0.1, -0.05) is 23.7 Å². The van der Waals surface area contributed by atoms with E-state index in [2.05, 4.69) is 10.4 Å². The summed E-state index contributed by atoms with van der Waals surface area (Å²) in [6.45, 7) is 6.52. The average molecular weight is 472 g/mol.